The lowest BCUT2D eigenvalue weighted by atomic mass is 10.2. The van der Waals surface area contributed by atoms with Crippen LogP contribution in [-0.2, 0) is 16.4 Å². The topological polar surface area (TPSA) is 54.5 Å². The predicted molar refractivity (Wildman–Crippen MR) is 84.8 cm³/mol. The highest BCUT2D eigenvalue weighted by atomic mass is 35.5. The summed E-state index contributed by atoms with van der Waals surface area (Å²) < 4.78 is 48.2. The van der Waals surface area contributed by atoms with Gasteiger partial charge in [0.15, 0.2) is 0 Å². The lowest BCUT2D eigenvalue weighted by molar-refractivity contribution is 0.0786. The monoisotopic (exact) mass is 379 g/mol. The third-order valence-corrected chi connectivity index (χ3v) is 5.65. The molecule has 0 aliphatic carbocycles. The van der Waals surface area contributed by atoms with Crippen LogP contribution in [0.2, 0.25) is 4.34 Å². The average Bonchev–Trinajstić information content (AvgIpc) is 2.91. The van der Waals surface area contributed by atoms with Crippen molar-refractivity contribution in [2.24, 2.45) is 0 Å². The molecule has 4 nitrogen and oxygen atoms in total. The van der Waals surface area contributed by atoms with E-state index in [2.05, 4.69) is 0 Å². The third kappa shape index (κ3) is 4.07. The fourth-order valence-corrected chi connectivity index (χ4v) is 3.72. The first-order valence-corrected chi connectivity index (χ1v) is 9.07. The summed E-state index contributed by atoms with van der Waals surface area (Å²) in [7, 11) is -3.07. The van der Waals surface area contributed by atoms with E-state index in [-0.39, 0.29) is 11.5 Å². The molecule has 0 N–H and O–H groups in total. The van der Waals surface area contributed by atoms with Gasteiger partial charge in [-0.3, -0.25) is 4.79 Å². The van der Waals surface area contributed by atoms with Gasteiger partial charge in [-0.05, 0) is 36.4 Å². The Morgan fingerprint density at radius 2 is 1.83 bits per heavy atom. The standard InChI is InChI=1S/C14H12ClF2NO3S2/c1-18(8-10-4-7-12(15)22-10)13(19)9-2-5-11(6-3-9)23(20,21)14(16)17/h2-7,14H,8H2,1H3. The number of alkyl halides is 2. The molecule has 2 aromatic rings. The van der Waals surface area contributed by atoms with Crippen LogP contribution in [0.25, 0.3) is 0 Å². The Hall–Kier alpha value is -1.51. The zero-order chi connectivity index (χ0) is 17.2. The SMILES string of the molecule is CN(Cc1ccc(Cl)s1)C(=O)c1ccc(S(=O)(=O)C(F)F)cc1. The van der Waals surface area contributed by atoms with Crippen molar-refractivity contribution in [2.45, 2.75) is 17.2 Å². The second-order valence-electron chi connectivity index (χ2n) is 4.70. The molecule has 0 bridgehead atoms. The van der Waals surface area contributed by atoms with Crippen LogP contribution in [0.4, 0.5) is 8.78 Å². The normalized spacial score (nSPS) is 11.7. The van der Waals surface area contributed by atoms with Crippen molar-refractivity contribution in [3.8, 4) is 0 Å². The number of sulfone groups is 1. The highest BCUT2D eigenvalue weighted by molar-refractivity contribution is 7.91. The number of halogens is 3. The summed E-state index contributed by atoms with van der Waals surface area (Å²) in [6.07, 6.45) is 0. The molecule has 0 fully saturated rings. The van der Waals surface area contributed by atoms with E-state index in [1.807, 2.05) is 0 Å². The molecular formula is C14H12ClF2NO3S2. The summed E-state index contributed by atoms with van der Waals surface area (Å²) in [6, 6.07) is 7.97. The van der Waals surface area contributed by atoms with Crippen LogP contribution < -0.4 is 0 Å². The van der Waals surface area contributed by atoms with Crippen LogP contribution in [0.15, 0.2) is 41.3 Å². The van der Waals surface area contributed by atoms with Crippen LogP contribution in [0.5, 0.6) is 0 Å². The average molecular weight is 380 g/mol. The van der Waals surface area contributed by atoms with E-state index in [1.54, 1.807) is 19.2 Å². The van der Waals surface area contributed by atoms with Gasteiger partial charge >= 0.3 is 5.76 Å². The zero-order valence-electron chi connectivity index (χ0n) is 11.9. The van der Waals surface area contributed by atoms with Gasteiger partial charge in [-0.25, -0.2) is 8.42 Å². The number of rotatable bonds is 5. The maximum Gasteiger partial charge on any atom is 0.341 e. The summed E-state index contributed by atoms with van der Waals surface area (Å²) in [5.74, 6) is -3.84. The van der Waals surface area contributed by atoms with Crippen molar-refractivity contribution in [3.63, 3.8) is 0 Å². The number of hydrogen-bond donors (Lipinski definition) is 0. The minimum absolute atomic E-state index is 0.211. The minimum atomic E-state index is -4.66. The van der Waals surface area contributed by atoms with E-state index in [9.17, 15) is 22.0 Å². The molecule has 1 aromatic carbocycles. The van der Waals surface area contributed by atoms with E-state index in [4.69, 9.17) is 11.6 Å². The summed E-state index contributed by atoms with van der Waals surface area (Å²) in [5, 5.41) is 0. The quantitative estimate of drug-likeness (QED) is 0.796. The van der Waals surface area contributed by atoms with Crippen molar-refractivity contribution in [2.75, 3.05) is 7.05 Å². The molecule has 0 spiro atoms. The van der Waals surface area contributed by atoms with E-state index in [1.165, 1.54) is 28.4 Å². The molecule has 1 amide bonds. The smallest absolute Gasteiger partial charge is 0.337 e. The molecule has 0 unspecified atom stereocenters. The fourth-order valence-electron chi connectivity index (χ4n) is 1.85. The van der Waals surface area contributed by atoms with Crippen LogP contribution in [0, 0.1) is 0 Å². The van der Waals surface area contributed by atoms with Gasteiger partial charge in [-0.15, -0.1) is 11.3 Å². The molecule has 0 atom stereocenters. The molecule has 0 aliphatic rings. The van der Waals surface area contributed by atoms with Crippen molar-refractivity contribution < 1.29 is 22.0 Å². The fraction of sp³-hybridized carbons (Fsp3) is 0.214. The van der Waals surface area contributed by atoms with Gasteiger partial charge in [-0.2, -0.15) is 8.78 Å². The summed E-state index contributed by atoms with van der Waals surface area (Å²) in [4.78, 5) is 14.1. The number of amides is 1. The Balaban J connectivity index is 2.14. The Bertz CT molecular complexity index is 804. The van der Waals surface area contributed by atoms with Crippen molar-refractivity contribution in [1.82, 2.24) is 4.90 Å². The van der Waals surface area contributed by atoms with Crippen LogP contribution in [-0.4, -0.2) is 32.0 Å². The van der Waals surface area contributed by atoms with Gasteiger partial charge < -0.3 is 4.90 Å². The summed E-state index contributed by atoms with van der Waals surface area (Å²) in [6.45, 7) is 0.341. The number of nitrogens with zero attached hydrogens (tertiary/aromatic N) is 1. The second-order valence-corrected chi connectivity index (χ2v) is 8.41. The van der Waals surface area contributed by atoms with E-state index in [0.29, 0.717) is 10.9 Å². The molecule has 9 heteroatoms. The highest BCUT2D eigenvalue weighted by Gasteiger charge is 2.26. The van der Waals surface area contributed by atoms with Crippen molar-refractivity contribution >= 4 is 38.7 Å². The Labute approximate surface area is 141 Å². The lowest BCUT2D eigenvalue weighted by Crippen LogP contribution is -2.25. The number of carbonyl (C=O) groups is 1. The molecule has 23 heavy (non-hydrogen) atoms. The van der Waals surface area contributed by atoms with Gasteiger partial charge in [0.1, 0.15) is 0 Å². The molecule has 1 aromatic heterocycles. The first kappa shape index (κ1) is 17.8. The summed E-state index contributed by atoms with van der Waals surface area (Å²) >= 11 is 7.17. The molecule has 0 saturated carbocycles. The minimum Gasteiger partial charge on any atom is -0.337 e. The maximum absolute atomic E-state index is 12.5. The second kappa shape index (κ2) is 6.94. The van der Waals surface area contributed by atoms with Crippen molar-refractivity contribution in [1.29, 1.82) is 0 Å². The molecule has 2 rings (SSSR count). The van der Waals surface area contributed by atoms with Crippen LogP contribution in [0.1, 0.15) is 15.2 Å². The number of benzene rings is 1. The Morgan fingerprint density at radius 3 is 2.30 bits per heavy atom. The number of thiophene rings is 1. The van der Waals surface area contributed by atoms with Crippen LogP contribution in [0.3, 0.4) is 0 Å². The number of carbonyl (C=O) groups excluding carboxylic acids is 1. The Morgan fingerprint density at radius 1 is 1.22 bits per heavy atom. The molecule has 0 radical (unpaired) electrons. The lowest BCUT2D eigenvalue weighted by Gasteiger charge is -2.16. The zero-order valence-corrected chi connectivity index (χ0v) is 14.3. The van der Waals surface area contributed by atoms with Gasteiger partial charge in [0.05, 0.1) is 15.8 Å². The maximum atomic E-state index is 12.5. The van der Waals surface area contributed by atoms with Gasteiger partial charge in [0.2, 0.25) is 9.84 Å². The Kier molecular flexibility index (Phi) is 5.38. The van der Waals surface area contributed by atoms with E-state index in [0.717, 1.165) is 17.0 Å². The highest BCUT2D eigenvalue weighted by Crippen LogP contribution is 2.23. The summed E-state index contributed by atoms with van der Waals surface area (Å²) in [5.41, 5.74) is 0.211. The van der Waals surface area contributed by atoms with Crippen LogP contribution >= 0.6 is 22.9 Å². The largest absolute Gasteiger partial charge is 0.341 e. The predicted octanol–water partition coefficient (Wildman–Crippen LogP) is 3.67. The van der Waals surface area contributed by atoms with Gasteiger partial charge in [0, 0.05) is 17.5 Å². The molecule has 0 aliphatic heterocycles. The first-order valence-electron chi connectivity index (χ1n) is 6.33. The molecule has 124 valence electrons. The molecule has 0 saturated heterocycles. The first-order chi connectivity index (χ1) is 10.7. The molecular weight excluding hydrogens is 368 g/mol. The van der Waals surface area contributed by atoms with E-state index >= 15 is 0 Å². The van der Waals surface area contributed by atoms with Gasteiger partial charge in [0.25, 0.3) is 5.91 Å². The number of hydrogen-bond acceptors (Lipinski definition) is 4. The van der Waals surface area contributed by atoms with E-state index < -0.39 is 20.5 Å². The van der Waals surface area contributed by atoms with Gasteiger partial charge in [-0.1, -0.05) is 11.6 Å². The molecule has 1 heterocycles. The third-order valence-electron chi connectivity index (χ3n) is 3.03. The van der Waals surface area contributed by atoms with Crippen molar-refractivity contribution in [3.05, 3.63) is 51.2 Å².